The summed E-state index contributed by atoms with van der Waals surface area (Å²) in [6, 6.07) is 0. The molecule has 0 unspecified atom stereocenters. The zero-order valence-corrected chi connectivity index (χ0v) is 16.8. The topological polar surface area (TPSA) is 40.5 Å². The molecule has 1 aliphatic heterocycles. The maximum atomic E-state index is 10.9. The highest BCUT2D eigenvalue weighted by molar-refractivity contribution is 5.70. The second-order valence-corrected chi connectivity index (χ2v) is 8.05. The summed E-state index contributed by atoms with van der Waals surface area (Å²) in [6.45, 7) is 5.42. The first-order chi connectivity index (χ1) is 12.2. The van der Waals surface area contributed by atoms with E-state index in [4.69, 9.17) is 5.11 Å². The van der Waals surface area contributed by atoms with Gasteiger partial charge in [-0.2, -0.15) is 0 Å². The van der Waals surface area contributed by atoms with Crippen molar-refractivity contribution in [1.82, 2.24) is 4.90 Å². The standard InChI is InChI=1S/C22H43NO2/c1-2-3-4-5-6-7-8-9-10-11-12-13-14-15-18-23-19-16-21(17-20-23)22(24)25/h21H,2-20H2,1H3,(H,24,25). The van der Waals surface area contributed by atoms with Gasteiger partial charge < -0.3 is 10.0 Å². The lowest BCUT2D eigenvalue weighted by Gasteiger charge is -2.29. The number of likely N-dealkylation sites (tertiary alicyclic amines) is 1. The normalized spacial score (nSPS) is 16.4. The van der Waals surface area contributed by atoms with Crippen molar-refractivity contribution in [1.29, 1.82) is 0 Å². The molecule has 0 aromatic rings. The van der Waals surface area contributed by atoms with Gasteiger partial charge in [-0.25, -0.2) is 0 Å². The number of nitrogens with zero attached hydrogens (tertiary/aromatic N) is 1. The molecule has 1 rings (SSSR count). The quantitative estimate of drug-likeness (QED) is 0.333. The number of aliphatic carboxylic acids is 1. The Morgan fingerprint density at radius 3 is 1.56 bits per heavy atom. The van der Waals surface area contributed by atoms with E-state index < -0.39 is 5.97 Å². The molecule has 0 aromatic carbocycles. The summed E-state index contributed by atoms with van der Waals surface area (Å²) in [5.74, 6) is -0.691. The highest BCUT2D eigenvalue weighted by Crippen LogP contribution is 2.18. The molecule has 0 radical (unpaired) electrons. The lowest BCUT2D eigenvalue weighted by Crippen LogP contribution is -2.36. The number of hydrogen-bond donors (Lipinski definition) is 1. The van der Waals surface area contributed by atoms with Gasteiger partial charge >= 0.3 is 5.97 Å². The number of hydrogen-bond acceptors (Lipinski definition) is 2. The number of piperidine rings is 1. The van der Waals surface area contributed by atoms with Crippen molar-refractivity contribution in [3.63, 3.8) is 0 Å². The van der Waals surface area contributed by atoms with E-state index in [2.05, 4.69) is 11.8 Å². The minimum atomic E-state index is -0.601. The van der Waals surface area contributed by atoms with Crippen molar-refractivity contribution >= 4 is 5.97 Å². The van der Waals surface area contributed by atoms with E-state index in [-0.39, 0.29) is 5.92 Å². The fourth-order valence-electron chi connectivity index (χ4n) is 3.93. The molecule has 3 nitrogen and oxygen atoms in total. The summed E-state index contributed by atoms with van der Waals surface area (Å²) >= 11 is 0. The molecule has 148 valence electrons. The Morgan fingerprint density at radius 1 is 0.760 bits per heavy atom. The van der Waals surface area contributed by atoms with Crippen molar-refractivity contribution in [3.8, 4) is 0 Å². The first-order valence-electron chi connectivity index (χ1n) is 11.2. The SMILES string of the molecule is CCCCCCCCCCCCCCCCN1CCC(C(=O)O)CC1. The molecule has 0 bridgehead atoms. The Kier molecular flexibility index (Phi) is 14.1. The maximum Gasteiger partial charge on any atom is 0.306 e. The fourth-order valence-corrected chi connectivity index (χ4v) is 3.93. The van der Waals surface area contributed by atoms with Crippen LogP contribution in [0.5, 0.6) is 0 Å². The van der Waals surface area contributed by atoms with Gasteiger partial charge in [0.2, 0.25) is 0 Å². The smallest absolute Gasteiger partial charge is 0.306 e. The second kappa shape index (κ2) is 15.7. The number of unbranched alkanes of at least 4 members (excludes halogenated alkanes) is 13. The van der Waals surface area contributed by atoms with Crippen LogP contribution in [0.4, 0.5) is 0 Å². The summed E-state index contributed by atoms with van der Waals surface area (Å²) in [5.41, 5.74) is 0. The van der Waals surface area contributed by atoms with E-state index >= 15 is 0 Å². The van der Waals surface area contributed by atoms with Gasteiger partial charge in [0.25, 0.3) is 0 Å². The minimum Gasteiger partial charge on any atom is -0.481 e. The number of carboxylic acid groups (broad SMARTS) is 1. The summed E-state index contributed by atoms with van der Waals surface area (Å²) in [7, 11) is 0. The Bertz CT molecular complexity index is 311. The van der Waals surface area contributed by atoms with Gasteiger partial charge in [0.05, 0.1) is 5.92 Å². The van der Waals surface area contributed by atoms with Gasteiger partial charge in [0, 0.05) is 0 Å². The van der Waals surface area contributed by atoms with Gasteiger partial charge in [0.1, 0.15) is 0 Å². The van der Waals surface area contributed by atoms with Crippen LogP contribution < -0.4 is 0 Å². The van der Waals surface area contributed by atoms with Crippen LogP contribution in [-0.4, -0.2) is 35.6 Å². The first kappa shape index (κ1) is 22.5. The van der Waals surface area contributed by atoms with Crippen molar-refractivity contribution in [2.75, 3.05) is 19.6 Å². The number of carboxylic acids is 1. The summed E-state index contributed by atoms with van der Waals surface area (Å²) < 4.78 is 0. The zero-order chi connectivity index (χ0) is 18.2. The summed E-state index contributed by atoms with van der Waals surface area (Å²) in [6.07, 6.45) is 21.4. The zero-order valence-electron chi connectivity index (χ0n) is 16.8. The summed E-state index contributed by atoms with van der Waals surface area (Å²) in [4.78, 5) is 13.4. The Labute approximate surface area is 156 Å². The van der Waals surface area contributed by atoms with Crippen LogP contribution in [0.1, 0.15) is 110 Å². The summed E-state index contributed by atoms with van der Waals surface area (Å²) in [5, 5.41) is 9.01. The lowest BCUT2D eigenvalue weighted by atomic mass is 9.97. The Balaban J connectivity index is 1.76. The van der Waals surface area contributed by atoms with Crippen molar-refractivity contribution in [2.24, 2.45) is 5.92 Å². The van der Waals surface area contributed by atoms with Crippen LogP contribution in [0.25, 0.3) is 0 Å². The van der Waals surface area contributed by atoms with E-state index in [0.29, 0.717) is 0 Å². The van der Waals surface area contributed by atoms with Crippen LogP contribution in [0.3, 0.4) is 0 Å². The molecule has 0 atom stereocenters. The second-order valence-electron chi connectivity index (χ2n) is 8.05. The molecule has 0 aromatic heterocycles. The molecule has 0 amide bonds. The largest absolute Gasteiger partial charge is 0.481 e. The Hall–Kier alpha value is -0.570. The van der Waals surface area contributed by atoms with Crippen LogP contribution in [0.15, 0.2) is 0 Å². The average molecular weight is 354 g/mol. The van der Waals surface area contributed by atoms with Gasteiger partial charge in [-0.1, -0.05) is 90.4 Å². The molecule has 1 heterocycles. The molecule has 0 saturated carbocycles. The predicted octanol–water partition coefficient (Wildman–Crippen LogP) is 6.26. The van der Waals surface area contributed by atoms with Crippen molar-refractivity contribution in [2.45, 2.75) is 110 Å². The average Bonchev–Trinajstić information content (AvgIpc) is 2.62. The van der Waals surface area contributed by atoms with E-state index in [1.165, 1.54) is 96.4 Å². The van der Waals surface area contributed by atoms with Gasteiger partial charge in [-0.05, 0) is 38.9 Å². The van der Waals surface area contributed by atoms with Crippen LogP contribution in [0.2, 0.25) is 0 Å². The molecule has 1 fully saturated rings. The van der Waals surface area contributed by atoms with Crippen molar-refractivity contribution in [3.05, 3.63) is 0 Å². The van der Waals surface area contributed by atoms with E-state index in [1.807, 2.05) is 0 Å². The molecular weight excluding hydrogens is 310 g/mol. The van der Waals surface area contributed by atoms with Gasteiger partial charge in [-0.15, -0.1) is 0 Å². The predicted molar refractivity (Wildman–Crippen MR) is 107 cm³/mol. The molecule has 25 heavy (non-hydrogen) atoms. The van der Waals surface area contributed by atoms with Crippen LogP contribution in [-0.2, 0) is 4.79 Å². The number of rotatable bonds is 16. The van der Waals surface area contributed by atoms with Gasteiger partial charge in [0.15, 0.2) is 0 Å². The van der Waals surface area contributed by atoms with Gasteiger partial charge in [-0.3, -0.25) is 4.79 Å². The molecule has 3 heteroatoms. The third-order valence-electron chi connectivity index (χ3n) is 5.76. The number of carbonyl (C=O) groups is 1. The lowest BCUT2D eigenvalue weighted by molar-refractivity contribution is -0.143. The van der Waals surface area contributed by atoms with E-state index in [1.54, 1.807) is 0 Å². The van der Waals surface area contributed by atoms with Crippen LogP contribution >= 0.6 is 0 Å². The molecule has 1 aliphatic rings. The molecular formula is C22H43NO2. The highest BCUT2D eigenvalue weighted by Gasteiger charge is 2.23. The third kappa shape index (κ3) is 12.4. The fraction of sp³-hybridized carbons (Fsp3) is 0.955. The van der Waals surface area contributed by atoms with Crippen LogP contribution in [0, 0.1) is 5.92 Å². The maximum absolute atomic E-state index is 10.9. The van der Waals surface area contributed by atoms with Crippen molar-refractivity contribution < 1.29 is 9.90 Å². The monoisotopic (exact) mass is 353 g/mol. The highest BCUT2D eigenvalue weighted by atomic mass is 16.4. The molecule has 0 aliphatic carbocycles. The molecule has 1 saturated heterocycles. The van der Waals surface area contributed by atoms with E-state index in [0.717, 1.165) is 25.9 Å². The third-order valence-corrected chi connectivity index (χ3v) is 5.76. The Morgan fingerprint density at radius 2 is 1.16 bits per heavy atom. The van der Waals surface area contributed by atoms with E-state index in [9.17, 15) is 4.79 Å². The minimum absolute atomic E-state index is 0.0902. The first-order valence-corrected chi connectivity index (χ1v) is 11.2. The molecule has 1 N–H and O–H groups in total. The molecule has 0 spiro atoms.